The van der Waals surface area contributed by atoms with Gasteiger partial charge in [0, 0.05) is 6.61 Å². The maximum absolute atomic E-state index is 9.10. The van der Waals surface area contributed by atoms with Crippen molar-refractivity contribution in [2.45, 2.75) is 66.2 Å². The molecule has 0 amide bonds. The highest BCUT2D eigenvalue weighted by Gasteiger charge is 2.43. The van der Waals surface area contributed by atoms with Crippen LogP contribution in [0, 0.1) is 23.2 Å². The normalized spacial score (nSPS) is 35.0. The number of aliphatic hydroxyl groups is 1. The Morgan fingerprint density at radius 1 is 1.35 bits per heavy atom. The Labute approximate surface area is 125 Å². The van der Waals surface area contributed by atoms with E-state index >= 15 is 0 Å². The molecule has 0 aliphatic heterocycles. The van der Waals surface area contributed by atoms with Gasteiger partial charge in [0.15, 0.2) is 0 Å². The number of aliphatic hydroxyl groups excluding tert-OH is 1. The Morgan fingerprint density at radius 3 is 2.80 bits per heavy atom. The molecular formula is C19H32O. The van der Waals surface area contributed by atoms with Gasteiger partial charge in [0.2, 0.25) is 0 Å². The first-order valence-electron chi connectivity index (χ1n) is 8.47. The molecule has 1 N–H and O–H groups in total. The molecule has 0 saturated carbocycles. The SMILES string of the molecule is CC1=CCC[C@H]2C1=CC[C@@H](C)[C@]2(C)CC[C@H](C)CCO. The molecule has 0 bridgehead atoms. The molecule has 0 radical (unpaired) electrons. The van der Waals surface area contributed by atoms with E-state index < -0.39 is 0 Å². The van der Waals surface area contributed by atoms with E-state index in [4.69, 9.17) is 5.11 Å². The third-order valence-electron chi connectivity index (χ3n) is 6.15. The molecule has 0 aromatic rings. The van der Waals surface area contributed by atoms with Crippen LogP contribution in [-0.4, -0.2) is 11.7 Å². The molecule has 2 aliphatic carbocycles. The van der Waals surface area contributed by atoms with Crippen molar-refractivity contribution in [1.29, 1.82) is 0 Å². The molecule has 20 heavy (non-hydrogen) atoms. The lowest BCUT2D eigenvalue weighted by atomic mass is 9.56. The number of fused-ring (bicyclic) bond motifs is 1. The van der Waals surface area contributed by atoms with Crippen LogP contribution in [-0.2, 0) is 0 Å². The Balaban J connectivity index is 2.12. The maximum atomic E-state index is 9.10. The zero-order chi connectivity index (χ0) is 14.8. The molecule has 114 valence electrons. The second-order valence-electron chi connectivity index (χ2n) is 7.48. The molecule has 0 saturated heterocycles. The fourth-order valence-corrected chi connectivity index (χ4v) is 4.26. The first-order valence-corrected chi connectivity index (χ1v) is 8.47. The van der Waals surface area contributed by atoms with E-state index in [1.807, 2.05) is 0 Å². The van der Waals surface area contributed by atoms with Crippen molar-refractivity contribution in [3.8, 4) is 0 Å². The highest BCUT2D eigenvalue weighted by atomic mass is 16.3. The summed E-state index contributed by atoms with van der Waals surface area (Å²) in [6, 6.07) is 0. The first-order chi connectivity index (χ1) is 9.49. The summed E-state index contributed by atoms with van der Waals surface area (Å²) in [6.45, 7) is 9.89. The Morgan fingerprint density at radius 2 is 2.10 bits per heavy atom. The summed E-state index contributed by atoms with van der Waals surface area (Å²) < 4.78 is 0. The van der Waals surface area contributed by atoms with Gasteiger partial charge in [-0.25, -0.2) is 0 Å². The van der Waals surface area contributed by atoms with Crippen LogP contribution < -0.4 is 0 Å². The topological polar surface area (TPSA) is 20.2 Å². The quantitative estimate of drug-likeness (QED) is 0.739. The van der Waals surface area contributed by atoms with Gasteiger partial charge in [-0.1, -0.05) is 44.9 Å². The van der Waals surface area contributed by atoms with Crippen molar-refractivity contribution in [3.63, 3.8) is 0 Å². The minimum atomic E-state index is 0.337. The molecular weight excluding hydrogens is 244 g/mol. The zero-order valence-electron chi connectivity index (χ0n) is 13.8. The predicted molar refractivity (Wildman–Crippen MR) is 86.6 cm³/mol. The summed E-state index contributed by atoms with van der Waals surface area (Å²) in [5.41, 5.74) is 3.62. The monoisotopic (exact) mass is 276 g/mol. The lowest BCUT2D eigenvalue weighted by molar-refractivity contribution is 0.0836. The van der Waals surface area contributed by atoms with E-state index in [1.165, 1.54) is 37.7 Å². The second kappa shape index (κ2) is 6.47. The van der Waals surface area contributed by atoms with E-state index in [-0.39, 0.29) is 0 Å². The molecule has 1 nitrogen and oxygen atoms in total. The number of allylic oxidation sites excluding steroid dienone is 4. The van der Waals surface area contributed by atoms with Crippen molar-refractivity contribution >= 4 is 0 Å². The van der Waals surface area contributed by atoms with Crippen LogP contribution in [0.3, 0.4) is 0 Å². The van der Waals surface area contributed by atoms with Crippen molar-refractivity contribution in [1.82, 2.24) is 0 Å². The molecule has 0 heterocycles. The average molecular weight is 276 g/mol. The lowest BCUT2D eigenvalue weighted by Crippen LogP contribution is -2.39. The first kappa shape index (κ1) is 15.8. The van der Waals surface area contributed by atoms with E-state index in [2.05, 4.69) is 39.8 Å². The van der Waals surface area contributed by atoms with E-state index in [9.17, 15) is 0 Å². The van der Waals surface area contributed by atoms with Gasteiger partial charge in [-0.2, -0.15) is 0 Å². The number of hydrogen-bond acceptors (Lipinski definition) is 1. The average Bonchev–Trinajstić information content (AvgIpc) is 2.42. The lowest BCUT2D eigenvalue weighted by Gasteiger charge is -2.49. The minimum Gasteiger partial charge on any atom is -0.396 e. The van der Waals surface area contributed by atoms with Crippen LogP contribution in [0.5, 0.6) is 0 Å². The Hall–Kier alpha value is -0.560. The van der Waals surface area contributed by atoms with Crippen LogP contribution in [0.1, 0.15) is 66.2 Å². The summed E-state index contributed by atoms with van der Waals surface area (Å²) >= 11 is 0. The fourth-order valence-electron chi connectivity index (χ4n) is 4.26. The Bertz CT molecular complexity index is 393. The molecule has 0 fully saturated rings. The summed E-state index contributed by atoms with van der Waals surface area (Å²) in [7, 11) is 0. The minimum absolute atomic E-state index is 0.337. The molecule has 2 aliphatic rings. The molecule has 0 spiro atoms. The third kappa shape index (κ3) is 3.03. The molecule has 2 rings (SSSR count). The zero-order valence-corrected chi connectivity index (χ0v) is 13.8. The van der Waals surface area contributed by atoms with Gasteiger partial charge in [-0.3, -0.25) is 0 Å². The van der Waals surface area contributed by atoms with Crippen molar-refractivity contribution in [2.75, 3.05) is 6.61 Å². The van der Waals surface area contributed by atoms with E-state index in [0.29, 0.717) is 17.9 Å². The number of hydrogen-bond donors (Lipinski definition) is 1. The van der Waals surface area contributed by atoms with Crippen LogP contribution in [0.25, 0.3) is 0 Å². The van der Waals surface area contributed by atoms with Gasteiger partial charge in [-0.15, -0.1) is 0 Å². The highest BCUT2D eigenvalue weighted by molar-refractivity contribution is 5.37. The maximum Gasteiger partial charge on any atom is 0.0433 e. The standard InChI is InChI=1S/C19H32O/c1-14(11-13-20)10-12-19(4)16(3)8-9-17-15(2)6-5-7-18(17)19/h6,9,14,16,18,20H,5,7-8,10-13H2,1-4H3/t14-,16+,18-,19-/m0/s1. The summed E-state index contributed by atoms with van der Waals surface area (Å²) in [4.78, 5) is 0. The van der Waals surface area contributed by atoms with Crippen molar-refractivity contribution in [3.05, 3.63) is 23.3 Å². The van der Waals surface area contributed by atoms with E-state index in [0.717, 1.165) is 18.3 Å². The van der Waals surface area contributed by atoms with Gasteiger partial charge in [0.05, 0.1) is 0 Å². The highest BCUT2D eigenvalue weighted by Crippen LogP contribution is 2.53. The Kier molecular flexibility index (Phi) is 5.12. The summed E-state index contributed by atoms with van der Waals surface area (Å²) in [5, 5.41) is 9.10. The van der Waals surface area contributed by atoms with Gasteiger partial charge >= 0.3 is 0 Å². The molecule has 4 atom stereocenters. The van der Waals surface area contributed by atoms with Crippen LogP contribution in [0.4, 0.5) is 0 Å². The van der Waals surface area contributed by atoms with Crippen LogP contribution in [0.2, 0.25) is 0 Å². The third-order valence-corrected chi connectivity index (χ3v) is 6.15. The summed E-state index contributed by atoms with van der Waals surface area (Å²) in [6.07, 6.45) is 12.3. The van der Waals surface area contributed by atoms with Gasteiger partial charge in [0.25, 0.3) is 0 Å². The molecule has 0 aromatic heterocycles. The molecule has 0 unspecified atom stereocenters. The molecule has 0 aromatic carbocycles. The largest absolute Gasteiger partial charge is 0.396 e. The van der Waals surface area contributed by atoms with Gasteiger partial charge < -0.3 is 5.11 Å². The second-order valence-corrected chi connectivity index (χ2v) is 7.48. The van der Waals surface area contributed by atoms with Gasteiger partial charge in [0.1, 0.15) is 0 Å². The van der Waals surface area contributed by atoms with Crippen LogP contribution in [0.15, 0.2) is 23.3 Å². The molecule has 1 heteroatoms. The van der Waals surface area contributed by atoms with Crippen LogP contribution >= 0.6 is 0 Å². The van der Waals surface area contributed by atoms with Crippen molar-refractivity contribution < 1.29 is 5.11 Å². The van der Waals surface area contributed by atoms with Gasteiger partial charge in [-0.05, 0) is 67.8 Å². The predicted octanol–water partition coefficient (Wildman–Crippen LogP) is 5.11. The van der Waals surface area contributed by atoms with E-state index in [1.54, 1.807) is 5.57 Å². The summed E-state index contributed by atoms with van der Waals surface area (Å²) in [5.74, 6) is 2.19. The smallest absolute Gasteiger partial charge is 0.0433 e. The fraction of sp³-hybridized carbons (Fsp3) is 0.789. The van der Waals surface area contributed by atoms with Crippen molar-refractivity contribution in [2.24, 2.45) is 23.2 Å². The number of rotatable bonds is 5.